The van der Waals surface area contributed by atoms with Crippen LogP contribution in [0.3, 0.4) is 0 Å². The van der Waals surface area contributed by atoms with Crippen molar-refractivity contribution in [1.82, 2.24) is 0 Å². The summed E-state index contributed by atoms with van der Waals surface area (Å²) in [4.78, 5) is 25.5. The first kappa shape index (κ1) is 21.0. The first-order valence-electron chi connectivity index (χ1n) is 10.7. The summed E-state index contributed by atoms with van der Waals surface area (Å²) < 4.78 is 23.0. The molecule has 0 atom stereocenters. The van der Waals surface area contributed by atoms with Crippen molar-refractivity contribution in [3.8, 4) is 28.4 Å². The van der Waals surface area contributed by atoms with Gasteiger partial charge in [-0.25, -0.2) is 0 Å². The molecule has 4 rings (SSSR count). The first-order valence-corrected chi connectivity index (χ1v) is 10.7. The molecule has 0 fully saturated rings. The van der Waals surface area contributed by atoms with E-state index in [-0.39, 0.29) is 23.7 Å². The van der Waals surface area contributed by atoms with Gasteiger partial charge in [-0.15, -0.1) is 0 Å². The van der Waals surface area contributed by atoms with Gasteiger partial charge in [0.15, 0.2) is 11.5 Å². The second-order valence-electron chi connectivity index (χ2n) is 7.81. The van der Waals surface area contributed by atoms with Crippen molar-refractivity contribution >= 4 is 16.9 Å². The monoisotopic (exact) mass is 422 g/mol. The fourth-order valence-electron chi connectivity index (χ4n) is 3.76. The van der Waals surface area contributed by atoms with Crippen molar-refractivity contribution in [3.05, 3.63) is 51.9 Å². The van der Waals surface area contributed by atoms with Crippen LogP contribution in [0.2, 0.25) is 0 Å². The van der Waals surface area contributed by atoms with Crippen LogP contribution in [0.4, 0.5) is 0 Å². The number of hydrogen-bond donors (Lipinski definition) is 0. The minimum atomic E-state index is -0.327. The third-order valence-electron chi connectivity index (χ3n) is 5.38. The normalized spacial score (nSPS) is 12.9. The number of aryl methyl sites for hydroxylation is 1. The Bertz CT molecular complexity index is 1200. The van der Waals surface area contributed by atoms with Gasteiger partial charge in [0, 0.05) is 18.9 Å². The van der Waals surface area contributed by atoms with Crippen LogP contribution < -0.4 is 19.6 Å². The van der Waals surface area contributed by atoms with Crippen LogP contribution in [-0.4, -0.2) is 19.2 Å². The summed E-state index contributed by atoms with van der Waals surface area (Å²) in [5.74, 6) is 2.03. The van der Waals surface area contributed by atoms with E-state index in [0.717, 1.165) is 11.1 Å². The van der Waals surface area contributed by atoms with Gasteiger partial charge in [0.2, 0.25) is 5.43 Å². The molecule has 0 saturated carbocycles. The van der Waals surface area contributed by atoms with Crippen LogP contribution in [0.15, 0.2) is 39.5 Å². The third-order valence-corrected chi connectivity index (χ3v) is 5.38. The topological polar surface area (TPSA) is 75.0 Å². The van der Waals surface area contributed by atoms with Crippen molar-refractivity contribution in [2.75, 3.05) is 13.2 Å². The van der Waals surface area contributed by atoms with Gasteiger partial charge in [-0.2, -0.15) is 0 Å². The Morgan fingerprint density at radius 3 is 2.48 bits per heavy atom. The number of ether oxygens (including phenoxy) is 3. The molecule has 0 aliphatic carbocycles. The summed E-state index contributed by atoms with van der Waals surface area (Å²) in [6.45, 7) is 8.65. The van der Waals surface area contributed by atoms with Gasteiger partial charge in [-0.3, -0.25) is 9.59 Å². The summed E-state index contributed by atoms with van der Waals surface area (Å²) in [6.07, 6.45) is 0.799. The summed E-state index contributed by atoms with van der Waals surface area (Å²) in [5.41, 5.74) is 2.32. The van der Waals surface area contributed by atoms with Crippen LogP contribution in [0.25, 0.3) is 22.1 Å². The molecule has 0 amide bonds. The molecule has 2 aromatic carbocycles. The molecular weight excluding hydrogens is 396 g/mol. The van der Waals surface area contributed by atoms with Crippen molar-refractivity contribution < 1.29 is 23.4 Å². The van der Waals surface area contributed by atoms with E-state index < -0.39 is 0 Å². The Morgan fingerprint density at radius 2 is 1.81 bits per heavy atom. The Labute approximate surface area is 180 Å². The molecule has 0 saturated heterocycles. The molecule has 0 radical (unpaired) electrons. The maximum atomic E-state index is 13.6. The molecule has 6 nitrogen and oxygen atoms in total. The molecule has 0 bridgehead atoms. The van der Waals surface area contributed by atoms with Gasteiger partial charge in [0.05, 0.1) is 10.9 Å². The number of fused-ring (bicyclic) bond motifs is 2. The highest BCUT2D eigenvalue weighted by molar-refractivity contribution is 5.86. The first-order chi connectivity index (χ1) is 14.9. The molecule has 0 spiro atoms. The molecule has 162 valence electrons. The Morgan fingerprint density at radius 1 is 1.06 bits per heavy atom. The molecule has 1 aromatic heterocycles. The van der Waals surface area contributed by atoms with Crippen molar-refractivity contribution in [2.45, 2.75) is 46.5 Å². The van der Waals surface area contributed by atoms with Crippen LogP contribution in [0.1, 0.15) is 51.4 Å². The number of carbonyl (C=O) groups is 1. The molecule has 0 N–H and O–H groups in total. The fourth-order valence-corrected chi connectivity index (χ4v) is 3.76. The quantitative estimate of drug-likeness (QED) is 0.414. The summed E-state index contributed by atoms with van der Waals surface area (Å²) in [6, 6.07) is 8.94. The smallest absolute Gasteiger partial charge is 0.310 e. The maximum absolute atomic E-state index is 13.6. The van der Waals surface area contributed by atoms with Crippen molar-refractivity contribution in [2.24, 2.45) is 0 Å². The highest BCUT2D eigenvalue weighted by Crippen LogP contribution is 2.37. The molecule has 1 aliphatic rings. The van der Waals surface area contributed by atoms with Gasteiger partial charge in [-0.05, 0) is 35.2 Å². The van der Waals surface area contributed by atoms with Gasteiger partial charge in [0.1, 0.15) is 30.3 Å². The van der Waals surface area contributed by atoms with Crippen LogP contribution in [0.5, 0.6) is 17.2 Å². The minimum absolute atomic E-state index is 0.0621. The predicted octanol–water partition coefficient (Wildman–Crippen LogP) is 5.23. The predicted molar refractivity (Wildman–Crippen MR) is 118 cm³/mol. The van der Waals surface area contributed by atoms with Crippen molar-refractivity contribution in [3.63, 3.8) is 0 Å². The second kappa shape index (κ2) is 8.46. The van der Waals surface area contributed by atoms with Gasteiger partial charge in [0.25, 0.3) is 0 Å². The van der Waals surface area contributed by atoms with E-state index in [0.29, 0.717) is 59.2 Å². The SMILES string of the molecule is CCC(=O)Oc1cc2oc(CC)c(-c3ccc4c(c3)OCCO4)c(=O)c2cc1C(C)C. The second-order valence-corrected chi connectivity index (χ2v) is 7.81. The van der Waals surface area contributed by atoms with Crippen LogP contribution in [-0.2, 0) is 11.2 Å². The maximum Gasteiger partial charge on any atom is 0.310 e. The van der Waals surface area contributed by atoms with E-state index in [1.54, 1.807) is 19.1 Å². The van der Waals surface area contributed by atoms with Crippen LogP contribution in [0, 0.1) is 0 Å². The zero-order valence-corrected chi connectivity index (χ0v) is 18.2. The molecule has 0 unspecified atom stereocenters. The average Bonchev–Trinajstić information content (AvgIpc) is 2.77. The standard InChI is InChI=1S/C25H26O6/c1-5-18-24(15-7-8-19-22(11-15)29-10-9-28-19)25(27)17-12-16(14(3)4)20(13-21(17)30-18)31-23(26)6-2/h7-8,11-14H,5-6,9-10H2,1-4H3. The number of carbonyl (C=O) groups excluding carboxylic acids is 1. The lowest BCUT2D eigenvalue weighted by Crippen LogP contribution is -2.16. The lowest BCUT2D eigenvalue weighted by Gasteiger charge is -2.19. The number of hydrogen-bond acceptors (Lipinski definition) is 6. The van der Waals surface area contributed by atoms with E-state index in [1.165, 1.54) is 0 Å². The largest absolute Gasteiger partial charge is 0.486 e. The van der Waals surface area contributed by atoms with Gasteiger partial charge >= 0.3 is 5.97 Å². The zero-order valence-electron chi connectivity index (χ0n) is 18.2. The van der Waals surface area contributed by atoms with E-state index in [2.05, 4.69) is 0 Å². The highest BCUT2D eigenvalue weighted by atomic mass is 16.6. The summed E-state index contributed by atoms with van der Waals surface area (Å²) in [5, 5.41) is 0.460. The lowest BCUT2D eigenvalue weighted by atomic mass is 9.96. The Hall–Kier alpha value is -3.28. The minimum Gasteiger partial charge on any atom is -0.486 e. The number of rotatable bonds is 5. The van der Waals surface area contributed by atoms with Crippen LogP contribution >= 0.6 is 0 Å². The zero-order chi connectivity index (χ0) is 22.1. The molecule has 3 aromatic rings. The molecule has 6 heteroatoms. The van der Waals surface area contributed by atoms with E-state index in [4.69, 9.17) is 18.6 Å². The van der Waals surface area contributed by atoms with E-state index in [9.17, 15) is 9.59 Å². The molecule has 1 aliphatic heterocycles. The number of esters is 1. The van der Waals surface area contributed by atoms with E-state index in [1.807, 2.05) is 39.0 Å². The third kappa shape index (κ3) is 3.90. The Kier molecular flexibility index (Phi) is 5.72. The lowest BCUT2D eigenvalue weighted by molar-refractivity contribution is -0.134. The summed E-state index contributed by atoms with van der Waals surface area (Å²) in [7, 11) is 0. The number of benzene rings is 2. The van der Waals surface area contributed by atoms with Gasteiger partial charge < -0.3 is 18.6 Å². The molecule has 2 heterocycles. The van der Waals surface area contributed by atoms with Gasteiger partial charge in [-0.1, -0.05) is 33.8 Å². The molecule has 31 heavy (non-hydrogen) atoms. The van der Waals surface area contributed by atoms with E-state index >= 15 is 0 Å². The van der Waals surface area contributed by atoms with Crippen molar-refractivity contribution in [1.29, 1.82) is 0 Å². The molecular formula is C25H26O6. The highest BCUT2D eigenvalue weighted by Gasteiger charge is 2.21. The fraction of sp³-hybridized carbons (Fsp3) is 0.360. The Balaban J connectivity index is 1.93. The average molecular weight is 422 g/mol. The summed E-state index contributed by atoms with van der Waals surface area (Å²) >= 11 is 0.